The number of thiazole rings is 1. The molecule has 2 atom stereocenters. The van der Waals surface area contributed by atoms with Gasteiger partial charge in [0, 0.05) is 46.9 Å². The Morgan fingerprint density at radius 2 is 2.05 bits per heavy atom. The molecule has 1 aliphatic carbocycles. The number of aromatic amines is 1. The first-order chi connectivity index (χ1) is 18.2. The zero-order chi connectivity index (χ0) is 26.7. The van der Waals surface area contributed by atoms with E-state index in [1.165, 1.54) is 11.3 Å². The maximum atomic E-state index is 13.8. The number of piperidine rings is 1. The van der Waals surface area contributed by atoms with E-state index in [1.54, 1.807) is 24.3 Å². The van der Waals surface area contributed by atoms with Gasteiger partial charge in [-0.05, 0) is 57.1 Å². The molecule has 0 bridgehead atoms. The van der Waals surface area contributed by atoms with Gasteiger partial charge in [0.05, 0.1) is 11.7 Å². The highest BCUT2D eigenvalue weighted by Gasteiger charge is 2.60. The van der Waals surface area contributed by atoms with Gasteiger partial charge in [-0.3, -0.25) is 14.4 Å². The lowest BCUT2D eigenvalue weighted by Gasteiger charge is -2.44. The molecule has 2 fully saturated rings. The molecular weight excluding hydrogens is 528 g/mol. The van der Waals surface area contributed by atoms with Gasteiger partial charge in [0.25, 0.3) is 11.8 Å². The molecule has 12 heteroatoms. The third-order valence-corrected chi connectivity index (χ3v) is 9.06. The average Bonchev–Trinajstić information content (AvgIpc) is 3.31. The van der Waals surface area contributed by atoms with Crippen LogP contribution in [-0.4, -0.2) is 81.4 Å². The van der Waals surface area contributed by atoms with Crippen LogP contribution >= 0.6 is 22.9 Å². The molecular formula is C26H29ClN6O4S. The van der Waals surface area contributed by atoms with Crippen LogP contribution in [0, 0.1) is 0 Å². The van der Waals surface area contributed by atoms with Gasteiger partial charge in [0.2, 0.25) is 0 Å². The first-order valence-electron chi connectivity index (χ1n) is 12.7. The molecule has 1 saturated heterocycles. The summed E-state index contributed by atoms with van der Waals surface area (Å²) in [5, 5.41) is 21.6. The van der Waals surface area contributed by atoms with E-state index in [4.69, 9.17) is 11.6 Å². The van der Waals surface area contributed by atoms with Crippen LogP contribution in [0.1, 0.15) is 50.1 Å². The van der Waals surface area contributed by atoms with Crippen molar-refractivity contribution in [2.75, 3.05) is 26.7 Å². The van der Waals surface area contributed by atoms with E-state index in [-0.39, 0.29) is 11.6 Å². The monoisotopic (exact) mass is 556 g/mol. The smallest absolute Gasteiger partial charge is 0.281 e. The lowest BCUT2D eigenvalue weighted by atomic mass is 9.77. The quantitative estimate of drug-likeness (QED) is 0.311. The highest BCUT2D eigenvalue weighted by Crippen LogP contribution is 2.41. The lowest BCUT2D eigenvalue weighted by molar-refractivity contribution is -0.137. The first kappa shape index (κ1) is 25.4. The van der Waals surface area contributed by atoms with Crippen molar-refractivity contribution < 1.29 is 19.5 Å². The molecule has 1 aromatic carbocycles. The van der Waals surface area contributed by atoms with Crippen molar-refractivity contribution in [3.05, 3.63) is 50.6 Å². The zero-order valence-corrected chi connectivity index (χ0v) is 22.5. The fourth-order valence-electron chi connectivity index (χ4n) is 5.42. The summed E-state index contributed by atoms with van der Waals surface area (Å²) in [6, 6.07) is 6.25. The molecule has 2 amide bonds. The summed E-state index contributed by atoms with van der Waals surface area (Å²) in [7, 11) is 2.02. The molecule has 200 valence electrons. The van der Waals surface area contributed by atoms with E-state index in [0.717, 1.165) is 41.0 Å². The number of nitrogens with zero attached hydrogens (tertiary/aromatic N) is 2. The standard InChI is InChI=1S/C26H29ClN6O4S/c1-33-9-5-17-19(12-33)38-23(30-17)22(35)32-26(24(36)25(37)6-7-25)13-28-8-4-20(26)31-21(34)18-11-14-10-15(27)2-3-16(14)29-18/h2-3,10-11,20,28-29,37H,4-9,12-13H2,1H3,(H,31,34)(H,32,35)/t20-,26+/m0/s1. The van der Waals surface area contributed by atoms with Gasteiger partial charge >= 0.3 is 0 Å². The Kier molecular flexibility index (Phi) is 6.31. The Balaban J connectivity index is 1.30. The van der Waals surface area contributed by atoms with Crippen LogP contribution in [0.4, 0.5) is 0 Å². The van der Waals surface area contributed by atoms with Gasteiger partial charge < -0.3 is 30.9 Å². The van der Waals surface area contributed by atoms with Crippen molar-refractivity contribution >= 4 is 51.4 Å². The summed E-state index contributed by atoms with van der Waals surface area (Å²) in [6.45, 7) is 2.21. The molecule has 0 radical (unpaired) electrons. The molecule has 3 aromatic rings. The van der Waals surface area contributed by atoms with Gasteiger partial charge in [0.1, 0.15) is 16.8 Å². The summed E-state index contributed by atoms with van der Waals surface area (Å²) < 4.78 is 0. The maximum Gasteiger partial charge on any atom is 0.281 e. The maximum absolute atomic E-state index is 13.8. The zero-order valence-electron chi connectivity index (χ0n) is 20.9. The molecule has 2 aromatic heterocycles. The number of rotatable bonds is 6. The van der Waals surface area contributed by atoms with Crippen LogP contribution in [0.15, 0.2) is 24.3 Å². The molecule has 0 spiro atoms. The minimum atomic E-state index is -1.53. The van der Waals surface area contributed by atoms with Crippen LogP contribution < -0.4 is 16.0 Å². The van der Waals surface area contributed by atoms with Crippen LogP contribution in [0.25, 0.3) is 10.9 Å². The number of carbonyl (C=O) groups excluding carboxylic acids is 3. The number of hydrogen-bond donors (Lipinski definition) is 5. The van der Waals surface area contributed by atoms with Crippen molar-refractivity contribution in [2.45, 2.75) is 49.4 Å². The Bertz CT molecular complexity index is 1450. The number of carbonyl (C=O) groups is 3. The number of ketones is 1. The summed E-state index contributed by atoms with van der Waals surface area (Å²) in [4.78, 5) is 51.6. The number of aliphatic hydroxyl groups is 1. The second-order valence-corrected chi connectivity index (χ2v) is 12.1. The third kappa shape index (κ3) is 4.52. The minimum absolute atomic E-state index is 0.0843. The lowest BCUT2D eigenvalue weighted by Crippen LogP contribution is -2.75. The summed E-state index contributed by atoms with van der Waals surface area (Å²) in [5.41, 5.74) is -1.07. The van der Waals surface area contributed by atoms with E-state index in [0.29, 0.717) is 36.5 Å². The SMILES string of the molecule is CN1CCc2nc(C(=O)N[C@]3(C(=O)C4(O)CC4)CNCC[C@@H]3NC(=O)c3cc4cc(Cl)ccc4[nH]3)sc2C1. The highest BCUT2D eigenvalue weighted by molar-refractivity contribution is 7.13. The number of Topliss-reactive ketones (excluding diaryl/α,β-unsaturated/α-hetero) is 1. The summed E-state index contributed by atoms with van der Waals surface area (Å²) >= 11 is 7.42. The van der Waals surface area contributed by atoms with E-state index < -0.39 is 34.8 Å². The van der Waals surface area contributed by atoms with Crippen LogP contribution in [-0.2, 0) is 17.8 Å². The molecule has 5 N–H and O–H groups in total. The van der Waals surface area contributed by atoms with Crippen molar-refractivity contribution in [3.8, 4) is 0 Å². The van der Waals surface area contributed by atoms with Gasteiger partial charge in [-0.15, -0.1) is 11.3 Å². The number of halogens is 1. The molecule has 6 rings (SSSR count). The number of aromatic nitrogens is 2. The predicted molar refractivity (Wildman–Crippen MR) is 144 cm³/mol. The first-order valence-corrected chi connectivity index (χ1v) is 13.9. The normalized spacial score (nSPS) is 24.6. The molecule has 10 nitrogen and oxygen atoms in total. The Labute approximate surface area is 228 Å². The predicted octanol–water partition coefficient (Wildman–Crippen LogP) is 1.62. The molecule has 2 aliphatic heterocycles. The minimum Gasteiger partial charge on any atom is -0.382 e. The van der Waals surface area contributed by atoms with Crippen molar-refractivity contribution in [1.29, 1.82) is 0 Å². The second-order valence-electron chi connectivity index (χ2n) is 10.6. The number of likely N-dealkylation sites (N-methyl/N-ethyl adjacent to an activating group) is 1. The average molecular weight is 557 g/mol. The number of fused-ring (bicyclic) bond motifs is 2. The number of amides is 2. The molecule has 0 unspecified atom stereocenters. The Morgan fingerprint density at radius 1 is 1.24 bits per heavy atom. The number of benzene rings is 1. The second kappa shape index (κ2) is 9.42. The van der Waals surface area contributed by atoms with Gasteiger partial charge in [-0.2, -0.15) is 0 Å². The Morgan fingerprint density at radius 3 is 2.84 bits per heavy atom. The van der Waals surface area contributed by atoms with Crippen LogP contribution in [0.3, 0.4) is 0 Å². The van der Waals surface area contributed by atoms with Crippen LogP contribution in [0.2, 0.25) is 5.02 Å². The van der Waals surface area contributed by atoms with Gasteiger partial charge in [-0.1, -0.05) is 11.6 Å². The van der Waals surface area contributed by atoms with Gasteiger partial charge in [-0.25, -0.2) is 4.98 Å². The van der Waals surface area contributed by atoms with Crippen molar-refractivity contribution in [1.82, 2.24) is 30.8 Å². The molecule has 3 aliphatic rings. The third-order valence-electron chi connectivity index (χ3n) is 7.75. The Hall–Kier alpha value is -2.83. The van der Waals surface area contributed by atoms with E-state index >= 15 is 0 Å². The van der Waals surface area contributed by atoms with Gasteiger partial charge in [0.15, 0.2) is 10.8 Å². The van der Waals surface area contributed by atoms with E-state index in [1.807, 2.05) is 7.05 Å². The number of nitrogens with one attached hydrogen (secondary N) is 4. The van der Waals surface area contributed by atoms with E-state index in [2.05, 4.69) is 30.8 Å². The van der Waals surface area contributed by atoms with Crippen molar-refractivity contribution in [2.24, 2.45) is 0 Å². The molecule has 4 heterocycles. The fourth-order valence-corrected chi connectivity index (χ4v) is 6.69. The highest BCUT2D eigenvalue weighted by atomic mass is 35.5. The topological polar surface area (TPSA) is 139 Å². The largest absolute Gasteiger partial charge is 0.382 e. The number of hydrogen-bond acceptors (Lipinski definition) is 8. The van der Waals surface area contributed by atoms with Crippen molar-refractivity contribution in [3.63, 3.8) is 0 Å². The summed E-state index contributed by atoms with van der Waals surface area (Å²) in [6.07, 6.45) is 1.80. The van der Waals surface area contributed by atoms with E-state index in [9.17, 15) is 19.5 Å². The molecule has 38 heavy (non-hydrogen) atoms. The summed E-state index contributed by atoms with van der Waals surface area (Å²) in [5.74, 6) is -1.38. The number of H-pyrrole nitrogens is 1. The van der Waals surface area contributed by atoms with Crippen LogP contribution in [0.5, 0.6) is 0 Å². The fraction of sp³-hybridized carbons (Fsp3) is 0.462. The molecule has 1 saturated carbocycles.